The fourth-order valence-electron chi connectivity index (χ4n) is 2.11. The quantitative estimate of drug-likeness (QED) is 0.733. The van der Waals surface area contributed by atoms with Gasteiger partial charge in [0.15, 0.2) is 0 Å². The Bertz CT molecular complexity index is 886. The van der Waals surface area contributed by atoms with E-state index in [1.807, 2.05) is 37.3 Å². The van der Waals surface area contributed by atoms with Crippen LogP contribution in [-0.2, 0) is 6.54 Å². The minimum absolute atomic E-state index is 0.270. The summed E-state index contributed by atoms with van der Waals surface area (Å²) < 4.78 is 0. The Hall–Kier alpha value is -2.99. The molecule has 2 aromatic heterocycles. The molecule has 0 bridgehead atoms. The normalized spacial score (nSPS) is 10.3. The second-order valence-electron chi connectivity index (χ2n) is 5.36. The molecule has 0 saturated carbocycles. The Morgan fingerprint density at radius 3 is 2.76 bits per heavy atom. The van der Waals surface area contributed by atoms with Crippen LogP contribution < -0.4 is 10.6 Å². The summed E-state index contributed by atoms with van der Waals surface area (Å²) in [6.45, 7) is 2.26. The van der Waals surface area contributed by atoms with E-state index in [1.165, 1.54) is 6.20 Å². The Kier molecular flexibility index (Phi) is 5.20. The molecule has 3 rings (SSSR count). The van der Waals surface area contributed by atoms with Crippen molar-refractivity contribution < 1.29 is 4.79 Å². The number of anilines is 2. The molecule has 0 aliphatic carbocycles. The van der Waals surface area contributed by atoms with Crippen molar-refractivity contribution in [3.05, 3.63) is 76.8 Å². The zero-order valence-electron chi connectivity index (χ0n) is 13.5. The molecule has 0 spiro atoms. The molecule has 0 aliphatic rings. The largest absolute Gasteiger partial charge is 0.345 e. The highest BCUT2D eigenvalue weighted by molar-refractivity contribution is 6.31. The molecule has 6 nitrogen and oxygen atoms in total. The summed E-state index contributed by atoms with van der Waals surface area (Å²) in [5.41, 5.74) is 2.78. The van der Waals surface area contributed by atoms with Gasteiger partial charge in [-0.1, -0.05) is 23.7 Å². The number of halogens is 1. The molecule has 126 valence electrons. The van der Waals surface area contributed by atoms with Gasteiger partial charge in [-0.2, -0.15) is 0 Å². The zero-order valence-corrected chi connectivity index (χ0v) is 14.3. The van der Waals surface area contributed by atoms with Crippen LogP contribution in [0.25, 0.3) is 0 Å². The van der Waals surface area contributed by atoms with Gasteiger partial charge in [0.2, 0.25) is 5.95 Å². The van der Waals surface area contributed by atoms with Crippen molar-refractivity contribution in [1.82, 2.24) is 20.3 Å². The van der Waals surface area contributed by atoms with Crippen LogP contribution in [0.3, 0.4) is 0 Å². The average molecular weight is 354 g/mol. The standard InChI is InChI=1S/C18H16ClN5O/c1-12-5-6-13(10-15(12)19)23-18-21-9-7-16(24-18)17(25)22-11-14-4-2-3-8-20-14/h2-10H,11H2,1H3,(H,22,25)(H,21,23,24). The smallest absolute Gasteiger partial charge is 0.270 e. The van der Waals surface area contributed by atoms with Gasteiger partial charge in [0.25, 0.3) is 5.91 Å². The lowest BCUT2D eigenvalue weighted by Gasteiger charge is -2.08. The van der Waals surface area contributed by atoms with Crippen LogP contribution in [0.1, 0.15) is 21.7 Å². The van der Waals surface area contributed by atoms with Crippen LogP contribution in [0.5, 0.6) is 0 Å². The van der Waals surface area contributed by atoms with E-state index in [0.717, 1.165) is 16.9 Å². The summed E-state index contributed by atoms with van der Waals surface area (Å²) >= 11 is 6.11. The highest BCUT2D eigenvalue weighted by Crippen LogP contribution is 2.21. The molecule has 25 heavy (non-hydrogen) atoms. The molecule has 0 aliphatic heterocycles. The van der Waals surface area contributed by atoms with Crippen molar-refractivity contribution in [2.75, 3.05) is 5.32 Å². The van der Waals surface area contributed by atoms with E-state index >= 15 is 0 Å². The van der Waals surface area contributed by atoms with Crippen molar-refractivity contribution >= 4 is 29.1 Å². The van der Waals surface area contributed by atoms with E-state index in [4.69, 9.17) is 11.6 Å². The maximum atomic E-state index is 12.2. The summed E-state index contributed by atoms with van der Waals surface area (Å²) in [6, 6.07) is 12.6. The lowest BCUT2D eigenvalue weighted by atomic mass is 10.2. The third kappa shape index (κ3) is 4.51. The van der Waals surface area contributed by atoms with Gasteiger partial charge in [-0.05, 0) is 42.8 Å². The van der Waals surface area contributed by atoms with Crippen LogP contribution in [0.15, 0.2) is 54.9 Å². The summed E-state index contributed by atoms with van der Waals surface area (Å²) in [5, 5.41) is 6.47. The Morgan fingerprint density at radius 1 is 1.12 bits per heavy atom. The van der Waals surface area contributed by atoms with E-state index in [0.29, 0.717) is 17.5 Å². The first-order valence-electron chi connectivity index (χ1n) is 7.66. The number of benzene rings is 1. The van der Waals surface area contributed by atoms with E-state index in [2.05, 4.69) is 25.6 Å². The van der Waals surface area contributed by atoms with E-state index in [1.54, 1.807) is 18.3 Å². The molecular formula is C18H16ClN5O. The van der Waals surface area contributed by atoms with Crippen LogP contribution in [0.4, 0.5) is 11.6 Å². The first-order chi connectivity index (χ1) is 12.1. The molecule has 2 N–H and O–H groups in total. The van der Waals surface area contributed by atoms with E-state index in [9.17, 15) is 4.79 Å². The van der Waals surface area contributed by atoms with Gasteiger partial charge in [-0.15, -0.1) is 0 Å². The predicted octanol–water partition coefficient (Wildman–Crippen LogP) is 3.51. The number of nitrogens with one attached hydrogen (secondary N) is 2. The fourth-order valence-corrected chi connectivity index (χ4v) is 2.29. The number of aromatic nitrogens is 3. The average Bonchev–Trinajstić information content (AvgIpc) is 2.64. The van der Waals surface area contributed by atoms with Gasteiger partial charge < -0.3 is 10.6 Å². The molecule has 7 heteroatoms. The van der Waals surface area contributed by atoms with E-state index in [-0.39, 0.29) is 11.6 Å². The number of amides is 1. The number of carbonyl (C=O) groups excluding carboxylic acids is 1. The molecular weight excluding hydrogens is 338 g/mol. The predicted molar refractivity (Wildman–Crippen MR) is 96.9 cm³/mol. The number of carbonyl (C=O) groups is 1. The lowest BCUT2D eigenvalue weighted by Crippen LogP contribution is -2.24. The SMILES string of the molecule is Cc1ccc(Nc2nccc(C(=O)NCc3ccccn3)n2)cc1Cl. The number of nitrogens with zero attached hydrogens (tertiary/aromatic N) is 3. The van der Waals surface area contributed by atoms with E-state index < -0.39 is 0 Å². The van der Waals surface area contributed by atoms with Crippen LogP contribution >= 0.6 is 11.6 Å². The Labute approximate surface area is 150 Å². The minimum atomic E-state index is -0.293. The molecule has 0 fully saturated rings. The van der Waals surface area contributed by atoms with Crippen molar-refractivity contribution in [1.29, 1.82) is 0 Å². The van der Waals surface area contributed by atoms with Gasteiger partial charge in [0.1, 0.15) is 5.69 Å². The highest BCUT2D eigenvalue weighted by Gasteiger charge is 2.09. The Balaban J connectivity index is 1.68. The number of aryl methyl sites for hydroxylation is 1. The molecule has 1 aromatic carbocycles. The maximum Gasteiger partial charge on any atom is 0.270 e. The summed E-state index contributed by atoms with van der Waals surface area (Å²) in [5.74, 6) is 0.0310. The van der Waals surface area contributed by atoms with Crippen molar-refractivity contribution in [2.24, 2.45) is 0 Å². The second kappa shape index (κ2) is 7.72. The number of hydrogen-bond acceptors (Lipinski definition) is 5. The first kappa shape index (κ1) is 16.9. The van der Waals surface area contributed by atoms with Crippen molar-refractivity contribution in [3.8, 4) is 0 Å². The summed E-state index contributed by atoms with van der Waals surface area (Å²) in [6.07, 6.45) is 3.21. The van der Waals surface area contributed by atoms with Gasteiger partial charge in [0, 0.05) is 23.1 Å². The van der Waals surface area contributed by atoms with Crippen molar-refractivity contribution in [3.63, 3.8) is 0 Å². The Morgan fingerprint density at radius 2 is 2.00 bits per heavy atom. The first-order valence-corrected chi connectivity index (χ1v) is 8.04. The highest BCUT2D eigenvalue weighted by atomic mass is 35.5. The monoisotopic (exact) mass is 353 g/mol. The second-order valence-corrected chi connectivity index (χ2v) is 5.77. The molecule has 0 atom stereocenters. The summed E-state index contributed by atoms with van der Waals surface area (Å²) in [7, 11) is 0. The number of hydrogen-bond donors (Lipinski definition) is 2. The zero-order chi connectivity index (χ0) is 17.6. The molecule has 1 amide bonds. The summed E-state index contributed by atoms with van der Waals surface area (Å²) in [4.78, 5) is 24.8. The van der Waals surface area contributed by atoms with Gasteiger partial charge in [-0.3, -0.25) is 9.78 Å². The molecule has 3 aromatic rings. The maximum absolute atomic E-state index is 12.2. The van der Waals surface area contributed by atoms with Gasteiger partial charge >= 0.3 is 0 Å². The minimum Gasteiger partial charge on any atom is -0.345 e. The fraction of sp³-hybridized carbons (Fsp3) is 0.111. The van der Waals surface area contributed by atoms with Gasteiger partial charge in [-0.25, -0.2) is 9.97 Å². The number of rotatable bonds is 5. The third-order valence-electron chi connectivity index (χ3n) is 3.47. The molecule has 0 radical (unpaired) electrons. The van der Waals surface area contributed by atoms with Gasteiger partial charge in [0.05, 0.1) is 12.2 Å². The molecule has 0 unspecified atom stereocenters. The topological polar surface area (TPSA) is 79.8 Å². The number of pyridine rings is 1. The molecule has 0 saturated heterocycles. The van der Waals surface area contributed by atoms with Crippen LogP contribution in [0.2, 0.25) is 5.02 Å². The van der Waals surface area contributed by atoms with Crippen LogP contribution in [0, 0.1) is 6.92 Å². The van der Waals surface area contributed by atoms with Crippen molar-refractivity contribution in [2.45, 2.75) is 13.5 Å². The lowest BCUT2D eigenvalue weighted by molar-refractivity contribution is 0.0945. The molecule has 2 heterocycles. The van der Waals surface area contributed by atoms with Crippen LogP contribution in [-0.4, -0.2) is 20.9 Å². The third-order valence-corrected chi connectivity index (χ3v) is 3.88.